The van der Waals surface area contributed by atoms with Crippen molar-refractivity contribution in [2.75, 3.05) is 11.4 Å². The monoisotopic (exact) mass is 520 g/mol. The van der Waals surface area contributed by atoms with Crippen molar-refractivity contribution in [3.05, 3.63) is 102 Å². The second kappa shape index (κ2) is 9.52. The van der Waals surface area contributed by atoms with Gasteiger partial charge in [0.1, 0.15) is 17.3 Å². The molecule has 0 atom stereocenters. The summed E-state index contributed by atoms with van der Waals surface area (Å²) in [5.41, 5.74) is 1.12. The van der Waals surface area contributed by atoms with E-state index in [1.54, 1.807) is 54.9 Å². The summed E-state index contributed by atoms with van der Waals surface area (Å²) in [4.78, 5) is 4.10. The molecule has 2 aromatic heterocycles. The van der Waals surface area contributed by atoms with Gasteiger partial charge >= 0.3 is 0 Å². The van der Waals surface area contributed by atoms with Gasteiger partial charge in [-0.1, -0.05) is 29.8 Å². The number of hydrogen-bond donors (Lipinski definition) is 0. The highest BCUT2D eigenvalue weighted by Crippen LogP contribution is 2.43. The van der Waals surface area contributed by atoms with Crippen LogP contribution in [-0.2, 0) is 10.0 Å². The fourth-order valence-electron chi connectivity index (χ4n) is 3.85. The summed E-state index contributed by atoms with van der Waals surface area (Å²) >= 11 is 6.61. The zero-order chi connectivity index (χ0) is 25.3. The van der Waals surface area contributed by atoms with Gasteiger partial charge < -0.3 is 4.74 Å². The molecular formula is C26H18ClFN4O3S. The van der Waals surface area contributed by atoms with E-state index >= 15 is 0 Å². The second-order valence-electron chi connectivity index (χ2n) is 7.75. The van der Waals surface area contributed by atoms with Gasteiger partial charge in [0, 0.05) is 29.5 Å². The number of rotatable bonds is 6. The Morgan fingerprint density at radius 1 is 0.944 bits per heavy atom. The summed E-state index contributed by atoms with van der Waals surface area (Å²) in [5.74, 6) is -0.194. The molecule has 0 saturated heterocycles. The lowest BCUT2D eigenvalue weighted by Crippen LogP contribution is -2.28. The van der Waals surface area contributed by atoms with Crippen molar-refractivity contribution < 1.29 is 17.5 Å². The van der Waals surface area contributed by atoms with E-state index in [2.05, 4.69) is 15.2 Å². The number of benzene rings is 3. The van der Waals surface area contributed by atoms with Crippen LogP contribution in [-0.4, -0.2) is 30.7 Å². The van der Waals surface area contributed by atoms with Crippen LogP contribution in [0, 0.1) is 5.82 Å². The van der Waals surface area contributed by atoms with Gasteiger partial charge in [0.05, 0.1) is 17.0 Å². The fraction of sp³-hybridized carbons (Fsp3) is 0.0385. The van der Waals surface area contributed by atoms with E-state index in [4.69, 9.17) is 16.3 Å². The van der Waals surface area contributed by atoms with Crippen LogP contribution in [0.1, 0.15) is 0 Å². The molecule has 0 aliphatic heterocycles. The summed E-state index contributed by atoms with van der Waals surface area (Å²) in [6, 6.07) is 18.5. The molecule has 0 bridgehead atoms. The summed E-state index contributed by atoms with van der Waals surface area (Å²) in [7, 11) is -2.81. The Kier molecular flexibility index (Phi) is 6.26. The van der Waals surface area contributed by atoms with Gasteiger partial charge in [0.15, 0.2) is 5.82 Å². The Balaban J connectivity index is 1.72. The Morgan fingerprint density at radius 3 is 2.56 bits per heavy atom. The fourth-order valence-corrected chi connectivity index (χ4v) is 5.59. The van der Waals surface area contributed by atoms with Crippen LogP contribution in [0.4, 0.5) is 15.9 Å². The molecule has 0 aliphatic carbocycles. The number of aromatic nitrogens is 3. The molecule has 0 unspecified atom stereocenters. The molecule has 0 spiro atoms. The maximum Gasteiger partial charge on any atom is 0.270 e. The third kappa shape index (κ3) is 4.34. The number of sulfonamides is 1. The highest BCUT2D eigenvalue weighted by atomic mass is 35.5. The lowest BCUT2D eigenvalue weighted by molar-refractivity contribution is 0.416. The highest BCUT2D eigenvalue weighted by molar-refractivity contribution is 7.93. The first-order valence-corrected chi connectivity index (χ1v) is 12.5. The van der Waals surface area contributed by atoms with E-state index in [-0.39, 0.29) is 27.2 Å². The summed E-state index contributed by atoms with van der Waals surface area (Å²) < 4.78 is 48.6. The normalized spacial score (nSPS) is 11.4. The lowest BCUT2D eigenvalue weighted by atomic mass is 10.0. The predicted octanol–water partition coefficient (Wildman–Crippen LogP) is 6.02. The van der Waals surface area contributed by atoms with Crippen molar-refractivity contribution in [1.82, 2.24) is 15.2 Å². The summed E-state index contributed by atoms with van der Waals surface area (Å²) in [6.07, 6.45) is 4.68. The molecule has 7 nitrogen and oxygen atoms in total. The molecule has 36 heavy (non-hydrogen) atoms. The zero-order valence-electron chi connectivity index (χ0n) is 18.8. The minimum absolute atomic E-state index is 0.0271. The SMILES string of the molecule is COc1cc(-c2cccc(F)c2)c(Cl)cc1N(c1cccnn1)S(=O)(=O)c1ccc2cnccc2c1. The molecule has 0 fully saturated rings. The van der Waals surface area contributed by atoms with E-state index in [9.17, 15) is 12.8 Å². The number of fused-ring (bicyclic) bond motifs is 1. The standard InChI is InChI=1S/C26H18ClFN4O3S/c1-35-25-14-22(18-4-2-5-20(28)12-18)23(27)15-24(25)32(26-6-3-10-30-31-26)36(33,34)21-8-7-19-16-29-11-9-17(19)13-21/h2-16H,1H3. The van der Waals surface area contributed by atoms with Gasteiger partial charge in [-0.2, -0.15) is 5.10 Å². The van der Waals surface area contributed by atoms with E-state index in [1.165, 1.54) is 43.6 Å². The third-order valence-corrected chi connectivity index (χ3v) is 7.57. The smallest absolute Gasteiger partial charge is 0.270 e. The van der Waals surface area contributed by atoms with Crippen molar-refractivity contribution in [3.8, 4) is 16.9 Å². The van der Waals surface area contributed by atoms with Crippen LogP contribution in [0.25, 0.3) is 21.9 Å². The number of halogens is 2. The number of ether oxygens (including phenoxy) is 1. The molecule has 10 heteroatoms. The molecule has 0 N–H and O–H groups in total. The summed E-state index contributed by atoms with van der Waals surface area (Å²) in [6.45, 7) is 0. The second-order valence-corrected chi connectivity index (χ2v) is 9.94. The maximum atomic E-state index is 14.1. The first-order valence-electron chi connectivity index (χ1n) is 10.7. The maximum absolute atomic E-state index is 14.1. The largest absolute Gasteiger partial charge is 0.495 e. The van der Waals surface area contributed by atoms with Crippen LogP contribution < -0.4 is 9.04 Å². The van der Waals surface area contributed by atoms with Gasteiger partial charge in [0.2, 0.25) is 0 Å². The first-order chi connectivity index (χ1) is 17.4. The molecule has 0 aliphatic rings. The molecular weight excluding hydrogens is 503 g/mol. The number of nitrogens with zero attached hydrogens (tertiary/aromatic N) is 4. The molecule has 2 heterocycles. The van der Waals surface area contributed by atoms with Gasteiger partial charge in [-0.3, -0.25) is 4.98 Å². The number of hydrogen-bond acceptors (Lipinski definition) is 6. The average molecular weight is 521 g/mol. The Bertz CT molecular complexity index is 1680. The molecule has 5 rings (SSSR count). The van der Waals surface area contributed by atoms with Crippen LogP contribution in [0.2, 0.25) is 5.02 Å². The summed E-state index contributed by atoms with van der Waals surface area (Å²) in [5, 5.41) is 9.60. The van der Waals surface area contributed by atoms with Gasteiger partial charge in [-0.25, -0.2) is 17.1 Å². The quantitative estimate of drug-likeness (QED) is 0.272. The minimum atomic E-state index is -4.22. The van der Waals surface area contributed by atoms with Crippen molar-refractivity contribution >= 4 is 43.9 Å². The molecule has 0 radical (unpaired) electrons. The van der Waals surface area contributed by atoms with Crippen molar-refractivity contribution in [2.24, 2.45) is 0 Å². The van der Waals surface area contributed by atoms with Gasteiger partial charge in [0.25, 0.3) is 10.0 Å². The molecule has 3 aromatic carbocycles. The Hall–Kier alpha value is -4.08. The van der Waals surface area contributed by atoms with Crippen LogP contribution in [0.15, 0.2) is 96.3 Å². The molecule has 0 saturated carbocycles. The zero-order valence-corrected chi connectivity index (χ0v) is 20.4. The van der Waals surface area contributed by atoms with E-state index in [0.29, 0.717) is 16.5 Å². The average Bonchev–Trinajstić information content (AvgIpc) is 2.89. The number of pyridine rings is 1. The van der Waals surface area contributed by atoms with E-state index in [0.717, 1.165) is 9.69 Å². The molecule has 5 aromatic rings. The lowest BCUT2D eigenvalue weighted by Gasteiger charge is -2.25. The van der Waals surface area contributed by atoms with Crippen LogP contribution in [0.5, 0.6) is 5.75 Å². The minimum Gasteiger partial charge on any atom is -0.495 e. The topological polar surface area (TPSA) is 85.3 Å². The molecule has 180 valence electrons. The van der Waals surface area contributed by atoms with Crippen molar-refractivity contribution in [2.45, 2.75) is 4.90 Å². The Labute approximate surface area is 211 Å². The predicted molar refractivity (Wildman–Crippen MR) is 136 cm³/mol. The van der Waals surface area contributed by atoms with Crippen LogP contribution >= 0.6 is 11.6 Å². The first kappa shape index (κ1) is 23.7. The van der Waals surface area contributed by atoms with E-state index < -0.39 is 15.8 Å². The Morgan fingerprint density at radius 2 is 1.81 bits per heavy atom. The number of anilines is 2. The number of methoxy groups -OCH3 is 1. The molecule has 0 amide bonds. The van der Waals surface area contributed by atoms with Gasteiger partial charge in [-0.05, 0) is 65.5 Å². The van der Waals surface area contributed by atoms with Crippen molar-refractivity contribution in [3.63, 3.8) is 0 Å². The highest BCUT2D eigenvalue weighted by Gasteiger charge is 2.31. The van der Waals surface area contributed by atoms with E-state index in [1.807, 2.05) is 0 Å². The van der Waals surface area contributed by atoms with Gasteiger partial charge in [-0.15, -0.1) is 5.10 Å². The van der Waals surface area contributed by atoms with Crippen LogP contribution in [0.3, 0.4) is 0 Å². The van der Waals surface area contributed by atoms with Crippen molar-refractivity contribution in [1.29, 1.82) is 0 Å². The third-order valence-electron chi connectivity index (χ3n) is 5.54.